The molecule has 0 bridgehead atoms. The van der Waals surface area contributed by atoms with Crippen LogP contribution in [0.5, 0.6) is 0 Å². The van der Waals surface area contributed by atoms with Gasteiger partial charge in [0.1, 0.15) is 0 Å². The molecule has 2 aromatic rings. The molecule has 1 saturated heterocycles. The SMILES string of the molecule is CC(C)[C@@H](NC(=O)N1CCCN(Cc2ccncc2)CC1)c1ccccc1. The maximum Gasteiger partial charge on any atom is 0.317 e. The molecule has 1 N–H and O–H groups in total. The molecule has 1 fully saturated rings. The first-order valence-corrected chi connectivity index (χ1v) is 9.85. The summed E-state index contributed by atoms with van der Waals surface area (Å²) in [4.78, 5) is 21.4. The van der Waals surface area contributed by atoms with Crippen molar-refractivity contribution >= 4 is 6.03 Å². The number of carbonyl (C=O) groups excluding carboxylic acids is 1. The second-order valence-corrected chi connectivity index (χ2v) is 7.55. The number of nitrogens with zero attached hydrogens (tertiary/aromatic N) is 3. The van der Waals surface area contributed by atoms with Gasteiger partial charge in [-0.1, -0.05) is 44.2 Å². The van der Waals surface area contributed by atoms with Gasteiger partial charge in [0.25, 0.3) is 0 Å². The Bertz CT molecular complexity index is 705. The highest BCUT2D eigenvalue weighted by molar-refractivity contribution is 5.74. The molecule has 1 aromatic heterocycles. The van der Waals surface area contributed by atoms with Crippen LogP contribution in [-0.2, 0) is 6.54 Å². The fourth-order valence-electron chi connectivity index (χ4n) is 3.60. The Morgan fingerprint density at radius 2 is 1.78 bits per heavy atom. The third-order valence-corrected chi connectivity index (χ3v) is 5.14. The van der Waals surface area contributed by atoms with Gasteiger partial charge in [-0.25, -0.2) is 4.79 Å². The third kappa shape index (κ3) is 5.54. The topological polar surface area (TPSA) is 48.5 Å². The molecule has 144 valence electrons. The lowest BCUT2D eigenvalue weighted by atomic mass is 9.96. The minimum atomic E-state index is 0.0369. The van der Waals surface area contributed by atoms with Gasteiger partial charge in [0, 0.05) is 45.1 Å². The van der Waals surface area contributed by atoms with E-state index in [1.165, 1.54) is 5.56 Å². The lowest BCUT2D eigenvalue weighted by Crippen LogP contribution is -2.44. The molecular weight excluding hydrogens is 336 g/mol. The summed E-state index contributed by atoms with van der Waals surface area (Å²) in [6.45, 7) is 8.69. The second kappa shape index (κ2) is 9.51. The van der Waals surface area contributed by atoms with E-state index in [-0.39, 0.29) is 12.1 Å². The zero-order valence-electron chi connectivity index (χ0n) is 16.3. The predicted molar refractivity (Wildman–Crippen MR) is 108 cm³/mol. The molecule has 0 spiro atoms. The summed E-state index contributed by atoms with van der Waals surface area (Å²) >= 11 is 0. The van der Waals surface area contributed by atoms with Gasteiger partial charge in [-0.15, -0.1) is 0 Å². The highest BCUT2D eigenvalue weighted by Crippen LogP contribution is 2.22. The Labute approximate surface area is 162 Å². The molecule has 1 aromatic carbocycles. The number of hydrogen-bond acceptors (Lipinski definition) is 3. The van der Waals surface area contributed by atoms with E-state index >= 15 is 0 Å². The zero-order valence-corrected chi connectivity index (χ0v) is 16.3. The maximum atomic E-state index is 12.9. The van der Waals surface area contributed by atoms with Crippen molar-refractivity contribution in [2.45, 2.75) is 32.9 Å². The first kappa shape index (κ1) is 19.4. The molecule has 0 aliphatic carbocycles. The minimum absolute atomic E-state index is 0.0369. The molecule has 27 heavy (non-hydrogen) atoms. The number of aromatic nitrogens is 1. The van der Waals surface area contributed by atoms with Crippen LogP contribution < -0.4 is 5.32 Å². The number of hydrogen-bond donors (Lipinski definition) is 1. The maximum absolute atomic E-state index is 12.9. The smallest absolute Gasteiger partial charge is 0.317 e. The first-order chi connectivity index (χ1) is 13.1. The number of nitrogens with one attached hydrogen (secondary N) is 1. The number of rotatable bonds is 5. The Morgan fingerprint density at radius 1 is 1.04 bits per heavy atom. The summed E-state index contributed by atoms with van der Waals surface area (Å²) < 4.78 is 0. The Morgan fingerprint density at radius 3 is 2.48 bits per heavy atom. The Kier molecular flexibility index (Phi) is 6.82. The van der Waals surface area contributed by atoms with Gasteiger partial charge in [0.05, 0.1) is 6.04 Å². The van der Waals surface area contributed by atoms with Crippen LogP contribution in [0.25, 0.3) is 0 Å². The average molecular weight is 367 g/mol. The second-order valence-electron chi connectivity index (χ2n) is 7.55. The van der Waals surface area contributed by atoms with E-state index in [0.29, 0.717) is 5.92 Å². The van der Waals surface area contributed by atoms with Crippen molar-refractivity contribution < 1.29 is 4.79 Å². The molecule has 0 saturated carbocycles. The van der Waals surface area contributed by atoms with Crippen LogP contribution in [0, 0.1) is 5.92 Å². The van der Waals surface area contributed by atoms with Gasteiger partial charge in [-0.05, 0) is 35.6 Å². The van der Waals surface area contributed by atoms with Crippen molar-refractivity contribution in [2.24, 2.45) is 5.92 Å². The monoisotopic (exact) mass is 366 g/mol. The average Bonchev–Trinajstić information content (AvgIpc) is 2.93. The minimum Gasteiger partial charge on any atom is -0.331 e. The molecule has 5 nitrogen and oxygen atoms in total. The van der Waals surface area contributed by atoms with Crippen LogP contribution in [0.4, 0.5) is 4.79 Å². The predicted octanol–water partition coefficient (Wildman–Crippen LogP) is 3.70. The molecule has 2 heterocycles. The largest absolute Gasteiger partial charge is 0.331 e. The van der Waals surface area contributed by atoms with E-state index in [1.807, 2.05) is 35.5 Å². The number of amides is 2. The molecule has 1 aliphatic rings. The lowest BCUT2D eigenvalue weighted by molar-refractivity contribution is 0.190. The highest BCUT2D eigenvalue weighted by Gasteiger charge is 2.23. The van der Waals surface area contributed by atoms with E-state index < -0.39 is 0 Å². The molecule has 1 aliphatic heterocycles. The number of carbonyl (C=O) groups is 1. The summed E-state index contributed by atoms with van der Waals surface area (Å²) in [5.41, 5.74) is 2.43. The summed E-state index contributed by atoms with van der Waals surface area (Å²) in [5.74, 6) is 0.339. The van der Waals surface area contributed by atoms with E-state index in [4.69, 9.17) is 0 Å². The normalized spacial score (nSPS) is 16.8. The molecule has 2 amide bonds. The van der Waals surface area contributed by atoms with Gasteiger partial charge in [0.15, 0.2) is 0 Å². The molecule has 0 radical (unpaired) electrons. The van der Waals surface area contributed by atoms with Crippen LogP contribution in [0.1, 0.15) is 37.4 Å². The standard InChI is InChI=1S/C22H30N4O/c1-18(2)21(20-7-4-3-5-8-20)24-22(27)26-14-6-13-25(15-16-26)17-19-9-11-23-12-10-19/h3-5,7-12,18,21H,6,13-17H2,1-2H3,(H,24,27)/t21-/m1/s1. The summed E-state index contributed by atoms with van der Waals surface area (Å²) in [6.07, 6.45) is 4.67. The van der Waals surface area contributed by atoms with Crippen molar-refractivity contribution in [3.63, 3.8) is 0 Å². The number of benzene rings is 1. The van der Waals surface area contributed by atoms with Crippen LogP contribution in [0.15, 0.2) is 54.9 Å². The molecule has 1 atom stereocenters. The molecule has 5 heteroatoms. The fraction of sp³-hybridized carbons (Fsp3) is 0.455. The summed E-state index contributed by atoms with van der Waals surface area (Å²) in [5, 5.41) is 3.25. The van der Waals surface area contributed by atoms with Crippen molar-refractivity contribution in [1.29, 1.82) is 0 Å². The molecule has 3 rings (SSSR count). The first-order valence-electron chi connectivity index (χ1n) is 9.85. The van der Waals surface area contributed by atoms with Crippen LogP contribution >= 0.6 is 0 Å². The van der Waals surface area contributed by atoms with Gasteiger partial charge in [-0.2, -0.15) is 0 Å². The van der Waals surface area contributed by atoms with Gasteiger partial charge in [0.2, 0.25) is 0 Å². The van der Waals surface area contributed by atoms with E-state index in [2.05, 4.69) is 53.3 Å². The van der Waals surface area contributed by atoms with Crippen molar-refractivity contribution in [3.05, 3.63) is 66.0 Å². The highest BCUT2D eigenvalue weighted by atomic mass is 16.2. The van der Waals surface area contributed by atoms with Crippen LogP contribution in [0.2, 0.25) is 0 Å². The zero-order chi connectivity index (χ0) is 19.1. The van der Waals surface area contributed by atoms with Crippen molar-refractivity contribution in [1.82, 2.24) is 20.1 Å². The summed E-state index contributed by atoms with van der Waals surface area (Å²) in [6, 6.07) is 14.4. The van der Waals surface area contributed by atoms with E-state index in [0.717, 1.165) is 44.7 Å². The van der Waals surface area contributed by atoms with Gasteiger partial charge >= 0.3 is 6.03 Å². The number of pyridine rings is 1. The third-order valence-electron chi connectivity index (χ3n) is 5.14. The van der Waals surface area contributed by atoms with Gasteiger partial charge < -0.3 is 10.2 Å². The lowest BCUT2D eigenvalue weighted by Gasteiger charge is -2.28. The quantitative estimate of drug-likeness (QED) is 0.878. The summed E-state index contributed by atoms with van der Waals surface area (Å²) in [7, 11) is 0. The van der Waals surface area contributed by atoms with E-state index in [9.17, 15) is 4.79 Å². The molecule has 0 unspecified atom stereocenters. The molecular formula is C22H30N4O. The fourth-order valence-corrected chi connectivity index (χ4v) is 3.60. The van der Waals surface area contributed by atoms with Crippen LogP contribution in [-0.4, -0.2) is 47.0 Å². The van der Waals surface area contributed by atoms with E-state index in [1.54, 1.807) is 0 Å². The van der Waals surface area contributed by atoms with Crippen molar-refractivity contribution in [2.75, 3.05) is 26.2 Å². The Balaban J connectivity index is 1.57. The van der Waals surface area contributed by atoms with Crippen LogP contribution in [0.3, 0.4) is 0 Å². The van der Waals surface area contributed by atoms with Crippen molar-refractivity contribution in [3.8, 4) is 0 Å². The van der Waals surface area contributed by atoms with Gasteiger partial charge in [-0.3, -0.25) is 9.88 Å². The Hall–Kier alpha value is -2.40. The number of urea groups is 1.